The maximum atomic E-state index is 5.62. The van der Waals surface area contributed by atoms with Crippen LogP contribution in [0.1, 0.15) is 26.3 Å². The SMILES string of the molecule is CCNC(=S)N[NH+]=Cc1ccc(OCC(C)C)cc1. The highest BCUT2D eigenvalue weighted by atomic mass is 32.1. The monoisotopic (exact) mass is 280 g/mol. The van der Waals surface area contributed by atoms with Gasteiger partial charge in [0.05, 0.1) is 6.61 Å². The molecule has 0 radical (unpaired) electrons. The van der Waals surface area contributed by atoms with Crippen LogP contribution in [-0.4, -0.2) is 24.5 Å². The number of hydrazine groups is 1. The van der Waals surface area contributed by atoms with E-state index in [-0.39, 0.29) is 0 Å². The Kier molecular flexibility index (Phi) is 6.89. The summed E-state index contributed by atoms with van der Waals surface area (Å²) in [7, 11) is 0. The van der Waals surface area contributed by atoms with Gasteiger partial charge in [-0.3, -0.25) is 0 Å². The second kappa shape index (κ2) is 8.48. The van der Waals surface area contributed by atoms with E-state index in [4.69, 9.17) is 17.0 Å². The molecule has 0 saturated carbocycles. The lowest BCUT2D eigenvalue weighted by molar-refractivity contribution is -0.500. The van der Waals surface area contributed by atoms with E-state index in [1.54, 1.807) is 0 Å². The number of hydrogen-bond acceptors (Lipinski definition) is 2. The third-order valence-corrected chi connectivity index (χ3v) is 2.47. The molecule has 1 aromatic rings. The van der Waals surface area contributed by atoms with Crippen molar-refractivity contribution >= 4 is 23.5 Å². The lowest BCUT2D eigenvalue weighted by atomic mass is 10.2. The zero-order chi connectivity index (χ0) is 14.1. The van der Waals surface area contributed by atoms with Crippen LogP contribution >= 0.6 is 12.2 Å². The molecule has 104 valence electrons. The highest BCUT2D eigenvalue weighted by Gasteiger charge is 1.98. The first kappa shape index (κ1) is 15.4. The third-order valence-electron chi connectivity index (χ3n) is 2.23. The van der Waals surface area contributed by atoms with E-state index in [9.17, 15) is 0 Å². The third kappa shape index (κ3) is 6.76. The van der Waals surface area contributed by atoms with Gasteiger partial charge in [0.1, 0.15) is 5.75 Å². The van der Waals surface area contributed by atoms with Gasteiger partial charge in [-0.15, -0.1) is 10.5 Å². The van der Waals surface area contributed by atoms with Crippen LogP contribution in [0, 0.1) is 5.92 Å². The fraction of sp³-hybridized carbons (Fsp3) is 0.429. The summed E-state index contributed by atoms with van der Waals surface area (Å²) in [6.45, 7) is 7.79. The maximum absolute atomic E-state index is 5.62. The van der Waals surface area contributed by atoms with Crippen molar-refractivity contribution in [1.82, 2.24) is 10.7 Å². The highest BCUT2D eigenvalue weighted by molar-refractivity contribution is 7.80. The van der Waals surface area contributed by atoms with E-state index in [1.807, 2.05) is 37.4 Å². The molecule has 19 heavy (non-hydrogen) atoms. The molecule has 0 aliphatic rings. The molecule has 0 bridgehead atoms. The molecule has 1 aromatic carbocycles. The van der Waals surface area contributed by atoms with Crippen LogP contribution in [0.15, 0.2) is 24.3 Å². The quantitative estimate of drug-likeness (QED) is 0.406. The van der Waals surface area contributed by atoms with Crippen molar-refractivity contribution in [3.8, 4) is 5.75 Å². The Balaban J connectivity index is 2.43. The lowest BCUT2D eigenvalue weighted by Gasteiger charge is -2.07. The molecule has 0 aliphatic carbocycles. The molecule has 0 aromatic heterocycles. The van der Waals surface area contributed by atoms with Crippen molar-refractivity contribution in [1.29, 1.82) is 0 Å². The number of ether oxygens (including phenoxy) is 1. The minimum absolute atomic E-state index is 0.532. The summed E-state index contributed by atoms with van der Waals surface area (Å²) in [6, 6.07) is 7.89. The lowest BCUT2D eigenvalue weighted by Crippen LogP contribution is -2.82. The molecule has 4 nitrogen and oxygen atoms in total. The Morgan fingerprint density at radius 3 is 2.63 bits per heavy atom. The van der Waals surface area contributed by atoms with Crippen LogP contribution in [0.2, 0.25) is 0 Å². The second-order valence-corrected chi connectivity index (χ2v) is 4.96. The summed E-state index contributed by atoms with van der Waals surface area (Å²) < 4.78 is 5.62. The average Bonchev–Trinajstić information content (AvgIpc) is 2.38. The molecule has 5 heteroatoms. The molecule has 0 amide bonds. The standard InChI is InChI=1S/C14H21N3OS/c1-4-15-14(19)17-16-9-12-5-7-13(8-6-12)18-10-11(2)3/h5-9,11H,4,10H2,1-3H3,(H2,15,17,19)/p+1. The van der Waals surface area contributed by atoms with Gasteiger partial charge in [0.25, 0.3) is 0 Å². The molecule has 0 fully saturated rings. The van der Waals surface area contributed by atoms with E-state index < -0.39 is 0 Å². The number of rotatable bonds is 6. The first-order valence-corrected chi connectivity index (χ1v) is 6.88. The second-order valence-electron chi connectivity index (χ2n) is 4.55. The molecule has 0 heterocycles. The number of hydrogen-bond donors (Lipinski definition) is 3. The van der Waals surface area contributed by atoms with Gasteiger partial charge in [0.15, 0.2) is 6.21 Å². The molecule has 0 atom stereocenters. The van der Waals surface area contributed by atoms with Gasteiger partial charge in [-0.05, 0) is 49.3 Å². The zero-order valence-corrected chi connectivity index (χ0v) is 12.5. The van der Waals surface area contributed by atoms with Crippen LogP contribution in [0.25, 0.3) is 0 Å². The fourth-order valence-electron chi connectivity index (χ4n) is 1.31. The highest BCUT2D eigenvalue weighted by Crippen LogP contribution is 2.11. The van der Waals surface area contributed by atoms with Crippen LogP contribution in [0.4, 0.5) is 0 Å². The molecular formula is C14H22N3OS+. The minimum Gasteiger partial charge on any atom is -0.493 e. The van der Waals surface area contributed by atoms with E-state index in [0.29, 0.717) is 11.0 Å². The summed E-state index contributed by atoms with van der Waals surface area (Å²) in [5.41, 5.74) is 3.92. The van der Waals surface area contributed by atoms with Gasteiger partial charge >= 0.3 is 0 Å². The van der Waals surface area contributed by atoms with Crippen molar-refractivity contribution in [3.05, 3.63) is 29.8 Å². The van der Waals surface area contributed by atoms with Gasteiger partial charge in [-0.1, -0.05) is 13.8 Å². The Hall–Kier alpha value is -1.62. The predicted octanol–water partition coefficient (Wildman–Crippen LogP) is 0.620. The molecule has 0 spiro atoms. The molecule has 0 saturated heterocycles. The average molecular weight is 280 g/mol. The van der Waals surface area contributed by atoms with Gasteiger partial charge < -0.3 is 10.1 Å². The molecule has 0 aliphatic heterocycles. The maximum Gasteiger partial charge on any atom is 0.223 e. The van der Waals surface area contributed by atoms with Crippen LogP contribution in [0.5, 0.6) is 5.75 Å². The van der Waals surface area contributed by atoms with Crippen molar-refractivity contribution in [2.75, 3.05) is 13.2 Å². The van der Waals surface area contributed by atoms with Gasteiger partial charge in [0.2, 0.25) is 5.11 Å². The Morgan fingerprint density at radius 1 is 1.37 bits per heavy atom. The molecule has 3 N–H and O–H groups in total. The molecule has 0 unspecified atom stereocenters. The van der Waals surface area contributed by atoms with Crippen LogP contribution < -0.4 is 20.6 Å². The van der Waals surface area contributed by atoms with Crippen molar-refractivity contribution in [3.63, 3.8) is 0 Å². The smallest absolute Gasteiger partial charge is 0.223 e. The number of thiocarbonyl (C=S) groups is 1. The topological polar surface area (TPSA) is 47.3 Å². The van der Waals surface area contributed by atoms with E-state index in [0.717, 1.165) is 24.5 Å². The first-order chi connectivity index (χ1) is 9.11. The summed E-state index contributed by atoms with van der Waals surface area (Å²) in [5, 5.41) is 6.50. The van der Waals surface area contributed by atoms with Crippen molar-refractivity contribution < 1.29 is 9.84 Å². The summed E-state index contributed by atoms with van der Waals surface area (Å²) in [6.07, 6.45) is 1.84. The largest absolute Gasteiger partial charge is 0.493 e. The van der Waals surface area contributed by atoms with E-state index in [2.05, 4.69) is 29.7 Å². The first-order valence-electron chi connectivity index (χ1n) is 6.47. The van der Waals surface area contributed by atoms with Crippen molar-refractivity contribution in [2.24, 2.45) is 5.92 Å². The van der Waals surface area contributed by atoms with E-state index in [1.165, 1.54) is 0 Å². The number of nitrogens with one attached hydrogen (secondary N) is 3. The van der Waals surface area contributed by atoms with Crippen LogP contribution in [0.3, 0.4) is 0 Å². The Morgan fingerprint density at radius 2 is 2.05 bits per heavy atom. The summed E-state index contributed by atoms with van der Waals surface area (Å²) in [5.74, 6) is 1.42. The van der Waals surface area contributed by atoms with E-state index >= 15 is 0 Å². The molecule has 1 rings (SSSR count). The van der Waals surface area contributed by atoms with Crippen molar-refractivity contribution in [2.45, 2.75) is 20.8 Å². The summed E-state index contributed by atoms with van der Waals surface area (Å²) in [4.78, 5) is 0. The fourth-order valence-corrected chi connectivity index (χ4v) is 1.52. The number of benzene rings is 1. The minimum atomic E-state index is 0.532. The number of hydrazone groups is 1. The Labute approximate surface area is 120 Å². The Bertz CT molecular complexity index is 415. The van der Waals surface area contributed by atoms with Gasteiger partial charge in [-0.2, -0.15) is 0 Å². The summed E-state index contributed by atoms with van der Waals surface area (Å²) >= 11 is 5.02. The van der Waals surface area contributed by atoms with Gasteiger partial charge in [0, 0.05) is 12.1 Å². The normalized spacial score (nSPS) is 10.7. The molecular weight excluding hydrogens is 258 g/mol. The van der Waals surface area contributed by atoms with Crippen LogP contribution in [-0.2, 0) is 0 Å². The predicted molar refractivity (Wildman–Crippen MR) is 82.3 cm³/mol. The zero-order valence-electron chi connectivity index (χ0n) is 11.7. The van der Waals surface area contributed by atoms with Gasteiger partial charge in [-0.25, -0.2) is 0 Å².